The highest BCUT2D eigenvalue weighted by Crippen LogP contribution is 2.20. The molecule has 0 atom stereocenters. The Kier molecular flexibility index (Phi) is 5.46. The van der Waals surface area contributed by atoms with E-state index in [1.165, 1.54) is 6.07 Å². The van der Waals surface area contributed by atoms with Crippen LogP contribution in [0.5, 0.6) is 5.75 Å². The highest BCUT2D eigenvalue weighted by molar-refractivity contribution is 7.89. The SMILES string of the molecule is Cc1ccc(OCC#CCNS(=O)(=O)c2cccc3cccnc23)cn1. The second kappa shape index (κ2) is 7.95. The van der Waals surface area contributed by atoms with Crippen LogP contribution in [0.25, 0.3) is 10.9 Å². The molecule has 2 aromatic heterocycles. The highest BCUT2D eigenvalue weighted by Gasteiger charge is 2.16. The molecule has 7 heteroatoms. The Morgan fingerprint density at radius 2 is 1.92 bits per heavy atom. The molecule has 0 aliphatic rings. The van der Waals surface area contributed by atoms with Crippen LogP contribution in [-0.2, 0) is 10.0 Å². The number of pyridine rings is 2. The van der Waals surface area contributed by atoms with E-state index < -0.39 is 10.0 Å². The third-order valence-corrected chi connectivity index (χ3v) is 4.99. The minimum Gasteiger partial charge on any atom is -0.479 e. The van der Waals surface area contributed by atoms with Crippen LogP contribution in [0.2, 0.25) is 0 Å². The standard InChI is InChI=1S/C19H17N3O3S/c1-15-9-10-17(14-21-15)25-13-3-2-12-22-26(23,24)18-8-4-6-16-7-5-11-20-19(16)18/h4-11,14,22H,12-13H2,1H3. The normalized spacial score (nSPS) is 11.0. The quantitative estimate of drug-likeness (QED) is 0.700. The molecule has 0 unspecified atom stereocenters. The Balaban J connectivity index is 1.60. The number of nitrogens with zero attached hydrogens (tertiary/aromatic N) is 2. The zero-order valence-corrected chi connectivity index (χ0v) is 15.0. The van der Waals surface area contributed by atoms with Crippen LogP contribution >= 0.6 is 0 Å². The Bertz CT molecular complexity index is 1060. The van der Waals surface area contributed by atoms with E-state index in [1.54, 1.807) is 30.6 Å². The number of nitrogens with one attached hydrogen (secondary N) is 1. The number of sulfonamides is 1. The summed E-state index contributed by atoms with van der Waals surface area (Å²) in [6, 6.07) is 12.3. The van der Waals surface area contributed by atoms with Crippen LogP contribution in [0.3, 0.4) is 0 Å². The van der Waals surface area contributed by atoms with E-state index in [0.717, 1.165) is 11.1 Å². The van der Waals surface area contributed by atoms with Crippen LogP contribution in [0, 0.1) is 18.8 Å². The molecule has 1 aromatic carbocycles. The van der Waals surface area contributed by atoms with Crippen molar-refractivity contribution in [1.82, 2.24) is 14.7 Å². The number of ether oxygens (including phenoxy) is 1. The van der Waals surface area contributed by atoms with Crippen LogP contribution in [0.15, 0.2) is 59.8 Å². The number of aromatic nitrogens is 2. The van der Waals surface area contributed by atoms with Crippen molar-refractivity contribution >= 4 is 20.9 Å². The minimum atomic E-state index is -3.70. The van der Waals surface area contributed by atoms with Crippen molar-refractivity contribution in [3.05, 3.63) is 60.6 Å². The molecule has 0 fully saturated rings. The van der Waals surface area contributed by atoms with Crippen LogP contribution in [0.1, 0.15) is 5.69 Å². The number of benzene rings is 1. The number of hydrogen-bond donors (Lipinski definition) is 1. The lowest BCUT2D eigenvalue weighted by Crippen LogP contribution is -2.24. The van der Waals surface area contributed by atoms with Gasteiger partial charge in [-0.05, 0) is 31.2 Å². The summed E-state index contributed by atoms with van der Waals surface area (Å²) in [5.74, 6) is 6.12. The average Bonchev–Trinajstić information content (AvgIpc) is 2.65. The van der Waals surface area contributed by atoms with Crippen molar-refractivity contribution in [2.45, 2.75) is 11.8 Å². The zero-order valence-electron chi connectivity index (χ0n) is 14.1. The van der Waals surface area contributed by atoms with Gasteiger partial charge in [0, 0.05) is 17.3 Å². The number of para-hydroxylation sites is 1. The van der Waals surface area contributed by atoms with Gasteiger partial charge in [-0.15, -0.1) is 0 Å². The average molecular weight is 367 g/mol. The first kappa shape index (κ1) is 17.9. The largest absolute Gasteiger partial charge is 0.479 e. The van der Waals surface area contributed by atoms with Gasteiger partial charge in [-0.3, -0.25) is 9.97 Å². The Hall–Kier alpha value is -2.95. The molecule has 1 N–H and O–H groups in total. The van der Waals surface area contributed by atoms with E-state index in [9.17, 15) is 8.42 Å². The summed E-state index contributed by atoms with van der Waals surface area (Å²) in [5.41, 5.74) is 1.34. The summed E-state index contributed by atoms with van der Waals surface area (Å²) in [5, 5.41) is 0.765. The lowest BCUT2D eigenvalue weighted by molar-refractivity contribution is 0.368. The van der Waals surface area contributed by atoms with Gasteiger partial charge in [-0.25, -0.2) is 8.42 Å². The van der Waals surface area contributed by atoms with Gasteiger partial charge in [0.25, 0.3) is 0 Å². The molecule has 132 valence electrons. The third kappa shape index (κ3) is 4.36. The van der Waals surface area contributed by atoms with Crippen LogP contribution in [0.4, 0.5) is 0 Å². The molecule has 0 amide bonds. The first-order chi connectivity index (χ1) is 12.6. The van der Waals surface area contributed by atoms with Crippen LogP contribution < -0.4 is 9.46 Å². The monoisotopic (exact) mass is 367 g/mol. The Morgan fingerprint density at radius 3 is 2.73 bits per heavy atom. The smallest absolute Gasteiger partial charge is 0.243 e. The first-order valence-electron chi connectivity index (χ1n) is 7.91. The molecule has 0 saturated heterocycles. The molecule has 0 aliphatic heterocycles. The number of aryl methyl sites for hydroxylation is 1. The number of rotatable bonds is 5. The van der Waals surface area contributed by atoms with Crippen molar-refractivity contribution in [3.63, 3.8) is 0 Å². The molecule has 0 radical (unpaired) electrons. The minimum absolute atomic E-state index is 0.0128. The molecule has 3 aromatic rings. The summed E-state index contributed by atoms with van der Waals surface area (Å²) in [6.45, 7) is 2.03. The molecule has 26 heavy (non-hydrogen) atoms. The van der Waals surface area contributed by atoms with E-state index in [-0.39, 0.29) is 18.0 Å². The fourth-order valence-electron chi connectivity index (χ4n) is 2.27. The topological polar surface area (TPSA) is 81.2 Å². The van der Waals surface area contributed by atoms with Crippen molar-refractivity contribution < 1.29 is 13.2 Å². The van der Waals surface area contributed by atoms with Gasteiger partial charge in [0.15, 0.2) is 0 Å². The van der Waals surface area contributed by atoms with Gasteiger partial charge in [-0.2, -0.15) is 4.72 Å². The maximum Gasteiger partial charge on any atom is 0.243 e. The summed E-state index contributed by atoms with van der Waals surface area (Å²) in [4.78, 5) is 8.42. The molecule has 0 spiro atoms. The van der Waals surface area contributed by atoms with E-state index in [4.69, 9.17) is 4.74 Å². The van der Waals surface area contributed by atoms with Gasteiger partial charge in [-0.1, -0.05) is 30.0 Å². The van der Waals surface area contributed by atoms with E-state index >= 15 is 0 Å². The molecule has 3 rings (SSSR count). The van der Waals surface area contributed by atoms with Gasteiger partial charge < -0.3 is 4.74 Å². The molecule has 0 bridgehead atoms. The Labute approximate surface area is 152 Å². The second-order valence-electron chi connectivity index (χ2n) is 5.43. The lowest BCUT2D eigenvalue weighted by Gasteiger charge is -2.06. The fourth-order valence-corrected chi connectivity index (χ4v) is 3.37. The summed E-state index contributed by atoms with van der Waals surface area (Å²) >= 11 is 0. The summed E-state index contributed by atoms with van der Waals surface area (Å²) in [6.07, 6.45) is 3.19. The lowest BCUT2D eigenvalue weighted by atomic mass is 10.2. The van der Waals surface area contributed by atoms with E-state index in [1.807, 2.05) is 25.1 Å². The van der Waals surface area contributed by atoms with Gasteiger partial charge in [0.1, 0.15) is 17.3 Å². The molecule has 0 saturated carbocycles. The third-order valence-electron chi connectivity index (χ3n) is 3.56. The van der Waals surface area contributed by atoms with Crippen molar-refractivity contribution in [1.29, 1.82) is 0 Å². The molecule has 6 nitrogen and oxygen atoms in total. The molecular formula is C19H17N3O3S. The second-order valence-corrected chi connectivity index (χ2v) is 7.17. The number of hydrogen-bond acceptors (Lipinski definition) is 5. The maximum absolute atomic E-state index is 12.5. The van der Waals surface area contributed by atoms with Gasteiger partial charge in [0.2, 0.25) is 10.0 Å². The predicted octanol–water partition coefficient (Wildman–Crippen LogP) is 2.30. The highest BCUT2D eigenvalue weighted by atomic mass is 32.2. The Morgan fingerprint density at radius 1 is 1.08 bits per heavy atom. The van der Waals surface area contributed by atoms with E-state index in [0.29, 0.717) is 11.3 Å². The van der Waals surface area contributed by atoms with Crippen LogP contribution in [-0.4, -0.2) is 31.5 Å². The summed E-state index contributed by atoms with van der Waals surface area (Å²) in [7, 11) is -3.70. The molecular weight excluding hydrogens is 350 g/mol. The van der Waals surface area contributed by atoms with Crippen molar-refractivity contribution in [2.75, 3.05) is 13.2 Å². The molecule has 0 aliphatic carbocycles. The zero-order chi connectivity index (χ0) is 18.4. The van der Waals surface area contributed by atoms with Gasteiger partial charge in [0.05, 0.1) is 18.3 Å². The maximum atomic E-state index is 12.5. The molecule has 2 heterocycles. The fraction of sp³-hybridized carbons (Fsp3) is 0.158. The van der Waals surface area contributed by atoms with Crippen molar-refractivity contribution in [2.24, 2.45) is 0 Å². The predicted molar refractivity (Wildman–Crippen MR) is 99.2 cm³/mol. The van der Waals surface area contributed by atoms with E-state index in [2.05, 4.69) is 26.5 Å². The first-order valence-corrected chi connectivity index (χ1v) is 9.39. The van der Waals surface area contributed by atoms with Crippen molar-refractivity contribution in [3.8, 4) is 17.6 Å². The van der Waals surface area contributed by atoms with Gasteiger partial charge >= 0.3 is 0 Å². The summed E-state index contributed by atoms with van der Waals surface area (Å²) < 4.78 is 32.8. The number of fused-ring (bicyclic) bond motifs is 1.